The van der Waals surface area contributed by atoms with Crippen LogP contribution in [0.2, 0.25) is 5.02 Å². The van der Waals surface area contributed by atoms with Crippen LogP contribution in [0, 0.1) is 0 Å². The van der Waals surface area contributed by atoms with Crippen LogP contribution in [-0.4, -0.2) is 69.2 Å². The van der Waals surface area contributed by atoms with E-state index in [4.69, 9.17) is 11.6 Å². The molecule has 0 spiro atoms. The highest BCUT2D eigenvalue weighted by Gasteiger charge is 2.20. The molecular formula is C15H23ClN4O. The third-order valence-electron chi connectivity index (χ3n) is 3.58. The summed E-state index contributed by atoms with van der Waals surface area (Å²) >= 11 is 6.02. The molecule has 1 heterocycles. The minimum absolute atomic E-state index is 0.0302. The van der Waals surface area contributed by atoms with Crippen molar-refractivity contribution in [3.63, 3.8) is 0 Å². The molecule has 1 saturated heterocycles. The molecule has 1 aliphatic heterocycles. The third kappa shape index (κ3) is 4.79. The maximum Gasteiger partial charge on any atom is 0.317 e. The quantitative estimate of drug-likeness (QED) is 0.920. The number of hydrogen-bond acceptors (Lipinski definition) is 3. The van der Waals surface area contributed by atoms with Gasteiger partial charge in [-0.05, 0) is 32.3 Å². The Kier molecular flexibility index (Phi) is 5.70. The van der Waals surface area contributed by atoms with E-state index >= 15 is 0 Å². The van der Waals surface area contributed by atoms with Crippen LogP contribution < -0.4 is 10.2 Å². The van der Waals surface area contributed by atoms with Crippen LogP contribution >= 0.6 is 11.6 Å². The van der Waals surface area contributed by atoms with Crippen LogP contribution in [-0.2, 0) is 0 Å². The zero-order valence-electron chi connectivity index (χ0n) is 12.7. The van der Waals surface area contributed by atoms with E-state index in [1.54, 1.807) is 0 Å². The molecule has 0 aromatic heterocycles. The van der Waals surface area contributed by atoms with Gasteiger partial charge in [0.15, 0.2) is 0 Å². The van der Waals surface area contributed by atoms with Crippen molar-refractivity contribution in [1.82, 2.24) is 15.1 Å². The average Bonchev–Trinajstić information content (AvgIpc) is 2.47. The molecule has 2 rings (SSSR count). The van der Waals surface area contributed by atoms with Crippen LogP contribution in [0.25, 0.3) is 0 Å². The van der Waals surface area contributed by atoms with Gasteiger partial charge in [0, 0.05) is 50.0 Å². The second-order valence-electron chi connectivity index (χ2n) is 5.49. The maximum absolute atomic E-state index is 12.0. The molecule has 2 amide bonds. The van der Waals surface area contributed by atoms with Gasteiger partial charge in [-0.15, -0.1) is 0 Å². The molecule has 6 heteroatoms. The van der Waals surface area contributed by atoms with E-state index in [9.17, 15) is 4.79 Å². The Morgan fingerprint density at radius 1 is 1.29 bits per heavy atom. The lowest BCUT2D eigenvalue weighted by molar-refractivity contribution is 0.193. The van der Waals surface area contributed by atoms with E-state index in [2.05, 4.69) is 21.2 Å². The summed E-state index contributed by atoms with van der Waals surface area (Å²) < 4.78 is 0. The number of anilines is 1. The zero-order chi connectivity index (χ0) is 15.2. The fraction of sp³-hybridized carbons (Fsp3) is 0.533. The molecule has 21 heavy (non-hydrogen) atoms. The molecule has 0 unspecified atom stereocenters. The monoisotopic (exact) mass is 310 g/mol. The Morgan fingerprint density at radius 2 is 2.00 bits per heavy atom. The van der Waals surface area contributed by atoms with Crippen molar-refractivity contribution in [2.75, 3.05) is 58.3 Å². The van der Waals surface area contributed by atoms with Gasteiger partial charge in [-0.25, -0.2) is 4.79 Å². The number of urea groups is 1. The van der Waals surface area contributed by atoms with Crippen molar-refractivity contribution in [1.29, 1.82) is 0 Å². The lowest BCUT2D eigenvalue weighted by atomic mass is 10.2. The Balaban J connectivity index is 1.79. The van der Waals surface area contributed by atoms with Gasteiger partial charge >= 0.3 is 6.03 Å². The molecule has 1 N–H and O–H groups in total. The number of hydrogen-bond donors (Lipinski definition) is 1. The average molecular weight is 311 g/mol. The van der Waals surface area contributed by atoms with E-state index in [0.29, 0.717) is 6.54 Å². The summed E-state index contributed by atoms with van der Waals surface area (Å²) in [6, 6.07) is 7.88. The van der Waals surface area contributed by atoms with E-state index in [1.807, 2.05) is 37.2 Å². The molecule has 0 aliphatic carbocycles. The number of nitrogens with zero attached hydrogens (tertiary/aromatic N) is 3. The second kappa shape index (κ2) is 7.52. The van der Waals surface area contributed by atoms with Crippen molar-refractivity contribution in [2.24, 2.45) is 0 Å². The van der Waals surface area contributed by atoms with E-state index < -0.39 is 0 Å². The van der Waals surface area contributed by atoms with Crippen LogP contribution in [0.3, 0.4) is 0 Å². The minimum atomic E-state index is 0.0302. The first kappa shape index (κ1) is 15.9. The Bertz CT molecular complexity index is 472. The molecular weight excluding hydrogens is 288 g/mol. The van der Waals surface area contributed by atoms with Crippen LogP contribution in [0.5, 0.6) is 0 Å². The van der Waals surface area contributed by atoms with Crippen molar-refractivity contribution in [3.8, 4) is 0 Å². The SMILES string of the molecule is CN(C)CCNC(=O)N1CCN(c2cccc(Cl)c2)CC1. The van der Waals surface area contributed by atoms with E-state index in [1.165, 1.54) is 0 Å². The van der Waals surface area contributed by atoms with Crippen molar-refractivity contribution in [2.45, 2.75) is 0 Å². The number of amides is 2. The summed E-state index contributed by atoms with van der Waals surface area (Å²) in [5.74, 6) is 0. The number of carbonyl (C=O) groups excluding carboxylic acids is 1. The summed E-state index contributed by atoms with van der Waals surface area (Å²) in [6.07, 6.45) is 0. The molecule has 0 saturated carbocycles. The Morgan fingerprint density at radius 3 is 2.62 bits per heavy atom. The maximum atomic E-state index is 12.0. The summed E-state index contributed by atoms with van der Waals surface area (Å²) in [4.78, 5) is 18.2. The molecule has 1 aliphatic rings. The first-order valence-corrected chi connectivity index (χ1v) is 7.62. The van der Waals surface area contributed by atoms with Crippen molar-refractivity contribution < 1.29 is 4.79 Å². The molecule has 1 fully saturated rings. The zero-order valence-corrected chi connectivity index (χ0v) is 13.4. The molecule has 0 atom stereocenters. The number of rotatable bonds is 4. The Labute approximate surface area is 131 Å². The molecule has 1 aromatic carbocycles. The number of benzene rings is 1. The van der Waals surface area contributed by atoms with Gasteiger partial charge in [0.25, 0.3) is 0 Å². The summed E-state index contributed by atoms with van der Waals surface area (Å²) in [5.41, 5.74) is 1.12. The lowest BCUT2D eigenvalue weighted by Gasteiger charge is -2.36. The fourth-order valence-electron chi connectivity index (χ4n) is 2.34. The molecule has 116 valence electrons. The van der Waals surface area contributed by atoms with Gasteiger partial charge in [0.1, 0.15) is 0 Å². The van der Waals surface area contributed by atoms with E-state index in [0.717, 1.165) is 43.4 Å². The van der Waals surface area contributed by atoms with Crippen LogP contribution in [0.15, 0.2) is 24.3 Å². The summed E-state index contributed by atoms with van der Waals surface area (Å²) in [6.45, 7) is 4.68. The van der Waals surface area contributed by atoms with Gasteiger partial charge in [-0.3, -0.25) is 0 Å². The highest BCUT2D eigenvalue weighted by molar-refractivity contribution is 6.30. The van der Waals surface area contributed by atoms with Crippen molar-refractivity contribution in [3.05, 3.63) is 29.3 Å². The van der Waals surface area contributed by atoms with Gasteiger partial charge < -0.3 is 20.0 Å². The molecule has 1 aromatic rings. The molecule has 0 bridgehead atoms. The standard InChI is InChI=1S/C15H23ClN4O/c1-18(2)7-6-17-15(21)20-10-8-19(9-11-20)14-5-3-4-13(16)12-14/h3-5,12H,6-11H2,1-2H3,(H,17,21). The number of piperazine rings is 1. The summed E-state index contributed by atoms with van der Waals surface area (Å²) in [5, 5.41) is 3.70. The molecule has 0 radical (unpaired) electrons. The second-order valence-corrected chi connectivity index (χ2v) is 5.93. The molecule has 5 nitrogen and oxygen atoms in total. The predicted molar refractivity (Wildman–Crippen MR) is 87.2 cm³/mol. The highest BCUT2D eigenvalue weighted by Crippen LogP contribution is 2.20. The largest absolute Gasteiger partial charge is 0.368 e. The van der Waals surface area contributed by atoms with Gasteiger partial charge in [-0.1, -0.05) is 17.7 Å². The van der Waals surface area contributed by atoms with Crippen LogP contribution in [0.4, 0.5) is 10.5 Å². The van der Waals surface area contributed by atoms with Gasteiger partial charge in [0.2, 0.25) is 0 Å². The predicted octanol–water partition coefficient (Wildman–Crippen LogP) is 1.73. The van der Waals surface area contributed by atoms with Crippen molar-refractivity contribution >= 4 is 23.3 Å². The number of nitrogens with one attached hydrogen (secondary N) is 1. The number of halogens is 1. The number of carbonyl (C=O) groups is 1. The first-order valence-electron chi connectivity index (χ1n) is 7.24. The first-order chi connectivity index (χ1) is 10.1. The highest BCUT2D eigenvalue weighted by atomic mass is 35.5. The topological polar surface area (TPSA) is 38.8 Å². The summed E-state index contributed by atoms with van der Waals surface area (Å²) in [7, 11) is 3.99. The van der Waals surface area contributed by atoms with E-state index in [-0.39, 0.29) is 6.03 Å². The lowest BCUT2D eigenvalue weighted by Crippen LogP contribution is -2.52. The fourth-order valence-corrected chi connectivity index (χ4v) is 2.52. The normalized spacial score (nSPS) is 15.4. The Hall–Kier alpha value is -1.46. The minimum Gasteiger partial charge on any atom is -0.368 e. The van der Waals surface area contributed by atoms with Crippen LogP contribution in [0.1, 0.15) is 0 Å². The van der Waals surface area contributed by atoms with Gasteiger partial charge in [-0.2, -0.15) is 0 Å². The smallest absolute Gasteiger partial charge is 0.317 e. The van der Waals surface area contributed by atoms with Gasteiger partial charge in [0.05, 0.1) is 0 Å². The third-order valence-corrected chi connectivity index (χ3v) is 3.81. The number of likely N-dealkylation sites (N-methyl/N-ethyl adjacent to an activating group) is 1.